The molecule has 1 aromatic heterocycles. The molecule has 0 amide bonds. The summed E-state index contributed by atoms with van der Waals surface area (Å²) in [5.74, 6) is 2.07. The van der Waals surface area contributed by atoms with Crippen LogP contribution < -0.4 is 5.32 Å². The van der Waals surface area contributed by atoms with Gasteiger partial charge in [0.1, 0.15) is 0 Å². The molecule has 3 nitrogen and oxygen atoms in total. The Labute approximate surface area is 129 Å². The predicted molar refractivity (Wildman–Crippen MR) is 88.7 cm³/mol. The molecule has 0 spiro atoms. The van der Waals surface area contributed by atoms with Crippen LogP contribution in [-0.2, 0) is 6.54 Å². The fraction of sp³-hybridized carbons (Fsp3) is 0.833. The van der Waals surface area contributed by atoms with E-state index in [4.69, 9.17) is 4.98 Å². The lowest BCUT2D eigenvalue weighted by Crippen LogP contribution is -2.24. The first kappa shape index (κ1) is 14.9. The summed E-state index contributed by atoms with van der Waals surface area (Å²) in [5, 5.41) is 3.71. The Balaban J connectivity index is 1.56. The van der Waals surface area contributed by atoms with E-state index in [1.54, 1.807) is 0 Å². The van der Waals surface area contributed by atoms with E-state index in [2.05, 4.69) is 23.0 Å². The molecule has 1 aromatic rings. The van der Waals surface area contributed by atoms with Crippen molar-refractivity contribution in [1.82, 2.24) is 9.55 Å². The number of hydrogen-bond acceptors (Lipinski definition) is 2. The van der Waals surface area contributed by atoms with Crippen molar-refractivity contribution in [2.45, 2.75) is 90.1 Å². The molecule has 3 heteroatoms. The second kappa shape index (κ2) is 7.33. The normalized spacial score (nSPS) is 21.6. The Kier molecular flexibility index (Phi) is 5.21. The summed E-state index contributed by atoms with van der Waals surface area (Å²) in [7, 11) is 0. The van der Waals surface area contributed by atoms with Crippen LogP contribution in [0.25, 0.3) is 0 Å². The zero-order valence-corrected chi connectivity index (χ0v) is 13.6. The summed E-state index contributed by atoms with van der Waals surface area (Å²) in [4.78, 5) is 4.72. The maximum Gasteiger partial charge on any atom is 0.203 e. The molecule has 0 saturated heterocycles. The van der Waals surface area contributed by atoms with Crippen molar-refractivity contribution in [2.24, 2.45) is 5.92 Å². The van der Waals surface area contributed by atoms with E-state index in [-0.39, 0.29) is 0 Å². The lowest BCUT2D eigenvalue weighted by Gasteiger charge is -2.25. The van der Waals surface area contributed by atoms with E-state index in [1.807, 2.05) is 0 Å². The first-order valence-corrected chi connectivity index (χ1v) is 9.11. The second-order valence-electron chi connectivity index (χ2n) is 7.17. The molecule has 1 N–H and O–H groups in total. The van der Waals surface area contributed by atoms with Gasteiger partial charge in [-0.2, -0.15) is 0 Å². The molecule has 21 heavy (non-hydrogen) atoms. The van der Waals surface area contributed by atoms with Gasteiger partial charge in [0.2, 0.25) is 5.95 Å². The third-order valence-corrected chi connectivity index (χ3v) is 5.34. The van der Waals surface area contributed by atoms with Crippen molar-refractivity contribution in [3.63, 3.8) is 0 Å². The molecule has 0 aliphatic heterocycles. The predicted octanol–water partition coefficient (Wildman–Crippen LogP) is 4.91. The summed E-state index contributed by atoms with van der Waals surface area (Å²) in [6.45, 7) is 3.25. The number of nitrogens with zero attached hydrogens (tertiary/aromatic N) is 2. The van der Waals surface area contributed by atoms with Crippen molar-refractivity contribution in [3.05, 3.63) is 11.9 Å². The van der Waals surface area contributed by atoms with Gasteiger partial charge >= 0.3 is 0 Å². The number of hydrogen-bond donors (Lipinski definition) is 1. The van der Waals surface area contributed by atoms with Gasteiger partial charge in [-0.05, 0) is 32.1 Å². The molecule has 0 radical (unpaired) electrons. The van der Waals surface area contributed by atoms with Crippen LogP contribution in [0, 0.1) is 12.8 Å². The monoisotopic (exact) mass is 289 g/mol. The van der Waals surface area contributed by atoms with Gasteiger partial charge in [-0.25, -0.2) is 4.98 Å². The van der Waals surface area contributed by atoms with Crippen LogP contribution in [-0.4, -0.2) is 15.6 Å². The van der Waals surface area contributed by atoms with Crippen LogP contribution in [0.4, 0.5) is 5.95 Å². The largest absolute Gasteiger partial charge is 0.353 e. The molecule has 2 saturated carbocycles. The zero-order chi connectivity index (χ0) is 14.5. The van der Waals surface area contributed by atoms with Gasteiger partial charge in [0.25, 0.3) is 0 Å². The standard InChI is InChI=1S/C18H31N3/c1-15-14-21(13-12-16-8-4-2-5-9-16)18(19-15)20-17-10-6-3-7-11-17/h14,16-17H,2-13H2,1H3,(H,19,20). The molecule has 2 aliphatic rings. The summed E-state index contributed by atoms with van der Waals surface area (Å²) in [6.07, 6.45) is 17.6. The Hall–Kier alpha value is -0.990. The maximum absolute atomic E-state index is 4.72. The molecule has 1 heterocycles. The van der Waals surface area contributed by atoms with Gasteiger partial charge < -0.3 is 9.88 Å². The Morgan fingerprint density at radius 3 is 2.43 bits per heavy atom. The number of rotatable bonds is 5. The van der Waals surface area contributed by atoms with E-state index in [1.165, 1.54) is 70.6 Å². The fourth-order valence-corrected chi connectivity index (χ4v) is 4.06. The maximum atomic E-state index is 4.72. The average molecular weight is 289 g/mol. The van der Waals surface area contributed by atoms with Gasteiger partial charge in [-0.3, -0.25) is 0 Å². The van der Waals surface area contributed by atoms with Gasteiger partial charge in [0.15, 0.2) is 0 Å². The van der Waals surface area contributed by atoms with Crippen LogP contribution in [0.3, 0.4) is 0 Å². The molecular formula is C18H31N3. The quantitative estimate of drug-likeness (QED) is 0.835. The lowest BCUT2D eigenvalue weighted by molar-refractivity contribution is 0.324. The molecule has 0 unspecified atom stereocenters. The summed E-state index contributed by atoms with van der Waals surface area (Å²) >= 11 is 0. The smallest absolute Gasteiger partial charge is 0.203 e. The number of anilines is 1. The minimum Gasteiger partial charge on any atom is -0.353 e. The fourth-order valence-electron chi connectivity index (χ4n) is 4.06. The number of nitrogens with one attached hydrogen (secondary N) is 1. The minimum absolute atomic E-state index is 0.647. The third kappa shape index (κ3) is 4.24. The van der Waals surface area contributed by atoms with Crippen molar-refractivity contribution < 1.29 is 0 Å². The Bertz CT molecular complexity index is 426. The van der Waals surface area contributed by atoms with E-state index in [0.717, 1.165) is 24.1 Å². The molecule has 0 bridgehead atoms. The highest BCUT2D eigenvalue weighted by molar-refractivity contribution is 5.30. The first-order valence-electron chi connectivity index (χ1n) is 9.11. The van der Waals surface area contributed by atoms with Crippen molar-refractivity contribution >= 4 is 5.95 Å². The molecule has 2 fully saturated rings. The highest BCUT2D eigenvalue weighted by Crippen LogP contribution is 2.27. The molecule has 2 aliphatic carbocycles. The van der Waals surface area contributed by atoms with Gasteiger partial charge in [0.05, 0.1) is 5.69 Å². The van der Waals surface area contributed by atoms with Gasteiger partial charge in [0, 0.05) is 18.8 Å². The van der Waals surface area contributed by atoms with Crippen molar-refractivity contribution in [3.8, 4) is 0 Å². The molecule has 3 rings (SSSR count). The SMILES string of the molecule is Cc1cn(CCC2CCCCC2)c(NC2CCCCC2)n1. The third-order valence-electron chi connectivity index (χ3n) is 5.34. The summed E-state index contributed by atoms with van der Waals surface area (Å²) in [6, 6.07) is 0.647. The van der Waals surface area contributed by atoms with Crippen LogP contribution in [0.1, 0.15) is 76.3 Å². The summed E-state index contributed by atoms with van der Waals surface area (Å²) < 4.78 is 2.37. The molecule has 118 valence electrons. The summed E-state index contributed by atoms with van der Waals surface area (Å²) in [5.41, 5.74) is 1.15. The van der Waals surface area contributed by atoms with Gasteiger partial charge in [-0.15, -0.1) is 0 Å². The van der Waals surface area contributed by atoms with Crippen molar-refractivity contribution in [1.29, 1.82) is 0 Å². The Morgan fingerprint density at radius 2 is 1.71 bits per heavy atom. The molecular weight excluding hydrogens is 258 g/mol. The lowest BCUT2D eigenvalue weighted by atomic mass is 9.87. The van der Waals surface area contributed by atoms with Crippen molar-refractivity contribution in [2.75, 3.05) is 5.32 Å². The highest BCUT2D eigenvalue weighted by Gasteiger charge is 2.17. The topological polar surface area (TPSA) is 29.9 Å². The van der Waals surface area contributed by atoms with Gasteiger partial charge in [-0.1, -0.05) is 51.4 Å². The van der Waals surface area contributed by atoms with E-state index in [9.17, 15) is 0 Å². The van der Waals surface area contributed by atoms with E-state index in [0.29, 0.717) is 6.04 Å². The molecule has 0 atom stereocenters. The Morgan fingerprint density at radius 1 is 1.05 bits per heavy atom. The van der Waals surface area contributed by atoms with Crippen LogP contribution in [0.15, 0.2) is 6.20 Å². The number of aryl methyl sites for hydroxylation is 2. The minimum atomic E-state index is 0.647. The molecule has 0 aromatic carbocycles. The highest BCUT2D eigenvalue weighted by atomic mass is 15.2. The number of imidazole rings is 1. The van der Waals surface area contributed by atoms with E-state index >= 15 is 0 Å². The zero-order valence-electron chi connectivity index (χ0n) is 13.6. The van der Waals surface area contributed by atoms with Crippen LogP contribution in [0.5, 0.6) is 0 Å². The van der Waals surface area contributed by atoms with E-state index < -0.39 is 0 Å². The van der Waals surface area contributed by atoms with Crippen LogP contribution in [0.2, 0.25) is 0 Å². The number of aromatic nitrogens is 2. The average Bonchev–Trinajstić information content (AvgIpc) is 2.87. The second-order valence-corrected chi connectivity index (χ2v) is 7.17. The van der Waals surface area contributed by atoms with Crippen LogP contribution >= 0.6 is 0 Å². The first-order chi connectivity index (χ1) is 10.3.